The normalized spacial score (nSPS) is 10.4. The number of ether oxygens (including phenoxy) is 1. The maximum atomic E-state index is 13.8. The van der Waals surface area contributed by atoms with Crippen molar-refractivity contribution in [2.75, 3.05) is 17.7 Å². The van der Waals surface area contributed by atoms with Crippen molar-refractivity contribution in [1.82, 2.24) is 9.97 Å². The molecule has 8 heteroatoms. The fourth-order valence-electron chi connectivity index (χ4n) is 2.39. The SMILES string of the molecule is COC(=O)c1cccc(Nc2cc(C)nc(Nc3ccc(F)cc3F)n2)c1. The molecule has 3 rings (SSSR count). The third-order valence-electron chi connectivity index (χ3n) is 3.59. The van der Waals surface area contributed by atoms with Gasteiger partial charge in [-0.2, -0.15) is 4.98 Å². The molecule has 3 aromatic rings. The number of nitrogens with zero attached hydrogens (tertiary/aromatic N) is 2. The number of methoxy groups -OCH3 is 1. The maximum Gasteiger partial charge on any atom is 0.337 e. The lowest BCUT2D eigenvalue weighted by Crippen LogP contribution is -2.05. The summed E-state index contributed by atoms with van der Waals surface area (Å²) < 4.78 is 31.6. The van der Waals surface area contributed by atoms with Crippen molar-refractivity contribution in [3.8, 4) is 0 Å². The molecule has 0 aliphatic heterocycles. The standard InChI is InChI=1S/C19H16F2N4O2/c1-11-8-17(23-14-5-3-4-12(9-14)18(26)27-2)25-19(22-11)24-16-7-6-13(20)10-15(16)21/h3-10H,1-2H3,(H2,22,23,24,25). The van der Waals surface area contributed by atoms with Gasteiger partial charge in [-0.05, 0) is 37.3 Å². The van der Waals surface area contributed by atoms with Gasteiger partial charge in [0.1, 0.15) is 17.5 Å². The molecule has 27 heavy (non-hydrogen) atoms. The lowest BCUT2D eigenvalue weighted by atomic mass is 10.2. The zero-order valence-corrected chi connectivity index (χ0v) is 14.6. The Bertz CT molecular complexity index is 995. The minimum atomic E-state index is -0.750. The first-order chi connectivity index (χ1) is 12.9. The Hall–Kier alpha value is -3.55. The molecule has 0 spiro atoms. The number of esters is 1. The van der Waals surface area contributed by atoms with Crippen LogP contribution in [0.2, 0.25) is 0 Å². The molecule has 0 amide bonds. The Kier molecular flexibility index (Phi) is 5.25. The summed E-state index contributed by atoms with van der Waals surface area (Å²) in [6.07, 6.45) is 0. The number of benzene rings is 2. The molecule has 0 atom stereocenters. The predicted octanol–water partition coefficient (Wildman–Crippen LogP) is 4.34. The lowest BCUT2D eigenvalue weighted by molar-refractivity contribution is 0.0601. The van der Waals surface area contributed by atoms with Gasteiger partial charge in [0, 0.05) is 23.5 Å². The highest BCUT2D eigenvalue weighted by molar-refractivity contribution is 5.90. The summed E-state index contributed by atoms with van der Waals surface area (Å²) in [6.45, 7) is 1.75. The first-order valence-corrected chi connectivity index (χ1v) is 7.98. The van der Waals surface area contributed by atoms with Crippen molar-refractivity contribution < 1.29 is 18.3 Å². The van der Waals surface area contributed by atoms with Crippen molar-refractivity contribution in [1.29, 1.82) is 0 Å². The Morgan fingerprint density at radius 2 is 1.85 bits per heavy atom. The summed E-state index contributed by atoms with van der Waals surface area (Å²) in [5, 5.41) is 5.79. The van der Waals surface area contributed by atoms with E-state index in [1.807, 2.05) is 0 Å². The van der Waals surface area contributed by atoms with E-state index < -0.39 is 17.6 Å². The molecular weight excluding hydrogens is 354 g/mol. The number of halogens is 2. The zero-order valence-electron chi connectivity index (χ0n) is 14.6. The van der Waals surface area contributed by atoms with E-state index in [1.54, 1.807) is 37.3 Å². The maximum absolute atomic E-state index is 13.8. The van der Waals surface area contributed by atoms with Crippen molar-refractivity contribution in [3.63, 3.8) is 0 Å². The van der Waals surface area contributed by atoms with Gasteiger partial charge in [0.2, 0.25) is 5.95 Å². The Morgan fingerprint density at radius 1 is 1.04 bits per heavy atom. The highest BCUT2D eigenvalue weighted by Crippen LogP contribution is 2.22. The second-order valence-corrected chi connectivity index (χ2v) is 5.66. The summed E-state index contributed by atoms with van der Waals surface area (Å²) in [5.74, 6) is -1.29. The van der Waals surface area contributed by atoms with Crippen LogP contribution < -0.4 is 10.6 Å². The number of hydrogen-bond donors (Lipinski definition) is 2. The van der Waals surface area contributed by atoms with Crippen LogP contribution in [0.3, 0.4) is 0 Å². The van der Waals surface area contributed by atoms with Crippen LogP contribution in [0, 0.1) is 18.6 Å². The number of aromatic nitrogens is 2. The van der Waals surface area contributed by atoms with Crippen LogP contribution in [0.1, 0.15) is 16.1 Å². The molecule has 0 fully saturated rings. The van der Waals surface area contributed by atoms with E-state index in [0.717, 1.165) is 12.1 Å². The molecule has 6 nitrogen and oxygen atoms in total. The molecule has 1 aromatic heterocycles. The summed E-state index contributed by atoms with van der Waals surface area (Å²) in [7, 11) is 1.31. The van der Waals surface area contributed by atoms with Crippen LogP contribution >= 0.6 is 0 Å². The van der Waals surface area contributed by atoms with Crippen LogP contribution in [-0.4, -0.2) is 23.0 Å². The Morgan fingerprint density at radius 3 is 2.59 bits per heavy atom. The topological polar surface area (TPSA) is 76.1 Å². The van der Waals surface area contributed by atoms with E-state index >= 15 is 0 Å². The van der Waals surface area contributed by atoms with Gasteiger partial charge in [0.15, 0.2) is 0 Å². The van der Waals surface area contributed by atoms with Crippen molar-refractivity contribution in [2.45, 2.75) is 6.92 Å². The summed E-state index contributed by atoms with van der Waals surface area (Å²) >= 11 is 0. The van der Waals surface area contributed by atoms with Gasteiger partial charge in [0.05, 0.1) is 18.4 Å². The van der Waals surface area contributed by atoms with Crippen molar-refractivity contribution in [3.05, 3.63) is 71.4 Å². The van der Waals surface area contributed by atoms with Crippen LogP contribution in [0.25, 0.3) is 0 Å². The average molecular weight is 370 g/mol. The van der Waals surface area contributed by atoms with Crippen LogP contribution in [0.4, 0.5) is 31.9 Å². The van der Waals surface area contributed by atoms with E-state index in [4.69, 9.17) is 4.74 Å². The van der Waals surface area contributed by atoms with Crippen LogP contribution in [0.5, 0.6) is 0 Å². The van der Waals surface area contributed by atoms with Gasteiger partial charge in [-0.25, -0.2) is 18.6 Å². The second kappa shape index (κ2) is 7.77. The van der Waals surface area contributed by atoms with Gasteiger partial charge >= 0.3 is 5.97 Å². The smallest absolute Gasteiger partial charge is 0.337 e. The summed E-state index contributed by atoms with van der Waals surface area (Å²) in [5.41, 5.74) is 1.69. The number of anilines is 4. The van der Waals surface area contributed by atoms with Gasteiger partial charge in [-0.3, -0.25) is 0 Å². The number of carbonyl (C=O) groups excluding carboxylic acids is 1. The molecule has 2 N–H and O–H groups in total. The molecular formula is C19H16F2N4O2. The molecule has 0 radical (unpaired) electrons. The lowest BCUT2D eigenvalue weighted by Gasteiger charge is -2.11. The van der Waals surface area contributed by atoms with E-state index in [2.05, 4.69) is 20.6 Å². The monoisotopic (exact) mass is 370 g/mol. The van der Waals surface area contributed by atoms with Crippen LogP contribution in [-0.2, 0) is 4.74 Å². The minimum Gasteiger partial charge on any atom is -0.465 e. The quantitative estimate of drug-likeness (QED) is 0.651. The van der Waals surface area contributed by atoms with Crippen molar-refractivity contribution >= 4 is 29.1 Å². The largest absolute Gasteiger partial charge is 0.465 e. The highest BCUT2D eigenvalue weighted by atomic mass is 19.1. The molecule has 138 valence electrons. The Labute approximate surface area is 154 Å². The van der Waals surface area contributed by atoms with Crippen LogP contribution in [0.15, 0.2) is 48.5 Å². The molecule has 0 unspecified atom stereocenters. The fraction of sp³-hybridized carbons (Fsp3) is 0.105. The van der Waals surface area contributed by atoms with Gasteiger partial charge in [-0.15, -0.1) is 0 Å². The molecule has 0 bridgehead atoms. The second-order valence-electron chi connectivity index (χ2n) is 5.66. The minimum absolute atomic E-state index is 0.0561. The first kappa shape index (κ1) is 18.2. The molecule has 0 aliphatic carbocycles. The average Bonchev–Trinajstić information content (AvgIpc) is 2.63. The highest BCUT2D eigenvalue weighted by Gasteiger charge is 2.09. The fourth-order valence-corrected chi connectivity index (χ4v) is 2.39. The number of nitrogens with one attached hydrogen (secondary N) is 2. The number of hydrogen-bond acceptors (Lipinski definition) is 6. The van der Waals surface area contributed by atoms with Gasteiger partial charge < -0.3 is 15.4 Å². The third kappa shape index (κ3) is 4.55. The molecule has 0 saturated heterocycles. The zero-order chi connectivity index (χ0) is 19.4. The third-order valence-corrected chi connectivity index (χ3v) is 3.59. The van der Waals surface area contributed by atoms with Gasteiger partial charge in [0.25, 0.3) is 0 Å². The summed E-state index contributed by atoms with van der Waals surface area (Å²) in [4.78, 5) is 20.1. The number of carbonyl (C=O) groups is 1. The number of rotatable bonds is 5. The van der Waals surface area contributed by atoms with E-state index in [1.165, 1.54) is 13.2 Å². The van der Waals surface area contributed by atoms with E-state index in [9.17, 15) is 13.6 Å². The Balaban J connectivity index is 1.84. The molecule has 2 aromatic carbocycles. The molecule has 0 saturated carbocycles. The first-order valence-electron chi connectivity index (χ1n) is 7.98. The van der Waals surface area contributed by atoms with E-state index in [-0.39, 0.29) is 11.6 Å². The van der Waals surface area contributed by atoms with E-state index in [0.29, 0.717) is 22.8 Å². The predicted molar refractivity (Wildman–Crippen MR) is 97.5 cm³/mol. The molecule has 0 aliphatic rings. The summed E-state index contributed by atoms with van der Waals surface area (Å²) in [6, 6.07) is 11.6. The van der Waals surface area contributed by atoms with Gasteiger partial charge in [-0.1, -0.05) is 6.07 Å². The van der Waals surface area contributed by atoms with Crippen molar-refractivity contribution in [2.24, 2.45) is 0 Å². The number of aryl methyl sites for hydroxylation is 1. The molecule has 1 heterocycles.